The molecule has 0 saturated heterocycles. The fourth-order valence-electron chi connectivity index (χ4n) is 0.640. The van der Waals surface area contributed by atoms with Gasteiger partial charge in [-0.3, -0.25) is 0 Å². The molecule has 13 heavy (non-hydrogen) atoms. The SMILES string of the molecule is CC[N+]1(C)C=CC=N1.F[B-](F)(F)F. The van der Waals surface area contributed by atoms with Crippen LogP contribution in [0.1, 0.15) is 6.92 Å². The van der Waals surface area contributed by atoms with Crippen LogP contribution in [0.3, 0.4) is 0 Å². The van der Waals surface area contributed by atoms with Crippen molar-refractivity contribution >= 4 is 13.5 Å². The maximum absolute atomic E-state index is 9.75. The molecule has 0 N–H and O–H groups in total. The third kappa shape index (κ3) is 7.51. The van der Waals surface area contributed by atoms with Gasteiger partial charge in [-0.15, -0.1) is 0 Å². The highest BCUT2D eigenvalue weighted by Crippen LogP contribution is 2.07. The van der Waals surface area contributed by atoms with Crippen LogP contribution in [0.15, 0.2) is 17.4 Å². The molecule has 2 nitrogen and oxygen atoms in total. The number of halogens is 4. The van der Waals surface area contributed by atoms with Crippen LogP contribution in [0.4, 0.5) is 17.3 Å². The number of quaternary nitrogens is 1. The standard InChI is InChI=1S/C6H11N2.BF4/c1-3-8(2)6-4-5-7-8;2-1(3,4)5/h4-6H,3H2,1-2H3;/q+1;-1. The van der Waals surface area contributed by atoms with Crippen molar-refractivity contribution in [2.45, 2.75) is 6.92 Å². The molecule has 1 rings (SSSR count). The van der Waals surface area contributed by atoms with Gasteiger partial charge in [0.2, 0.25) is 0 Å². The lowest BCUT2D eigenvalue weighted by atomic mass is 10.3. The highest BCUT2D eigenvalue weighted by atomic mass is 19.5. The van der Waals surface area contributed by atoms with E-state index in [2.05, 4.69) is 25.3 Å². The summed E-state index contributed by atoms with van der Waals surface area (Å²) in [5.74, 6) is 0. The second kappa shape index (κ2) is 4.41. The van der Waals surface area contributed by atoms with Crippen molar-refractivity contribution in [3.8, 4) is 0 Å². The highest BCUT2D eigenvalue weighted by molar-refractivity contribution is 6.50. The largest absolute Gasteiger partial charge is 0.673 e. The normalized spacial score (nSPS) is 25.7. The molecule has 0 aromatic rings. The van der Waals surface area contributed by atoms with E-state index in [1.165, 1.54) is 0 Å². The van der Waals surface area contributed by atoms with Crippen LogP contribution in [0.2, 0.25) is 0 Å². The van der Waals surface area contributed by atoms with Crippen molar-refractivity contribution in [3.05, 3.63) is 12.3 Å². The van der Waals surface area contributed by atoms with Crippen LogP contribution in [-0.2, 0) is 0 Å². The van der Waals surface area contributed by atoms with Crippen LogP contribution in [-0.4, -0.2) is 31.7 Å². The lowest BCUT2D eigenvalue weighted by molar-refractivity contribution is -0.861. The van der Waals surface area contributed by atoms with Crippen molar-refractivity contribution in [1.29, 1.82) is 0 Å². The number of hydrogen-bond donors (Lipinski definition) is 0. The molecule has 0 radical (unpaired) electrons. The Bertz CT molecular complexity index is 193. The van der Waals surface area contributed by atoms with E-state index < -0.39 is 7.25 Å². The molecule has 1 aliphatic rings. The number of nitrogens with zero attached hydrogens (tertiary/aromatic N) is 2. The van der Waals surface area contributed by atoms with E-state index in [1.54, 1.807) is 0 Å². The molecule has 0 spiro atoms. The molecule has 0 aromatic heterocycles. The van der Waals surface area contributed by atoms with E-state index in [-0.39, 0.29) is 0 Å². The molecule has 0 aliphatic carbocycles. The second-order valence-electron chi connectivity index (χ2n) is 2.63. The lowest BCUT2D eigenvalue weighted by Gasteiger charge is -2.16. The average molecular weight is 198 g/mol. The summed E-state index contributed by atoms with van der Waals surface area (Å²) < 4.78 is 39.7. The summed E-state index contributed by atoms with van der Waals surface area (Å²) in [4.78, 5) is 0. The molecule has 7 heteroatoms. The smallest absolute Gasteiger partial charge is 0.418 e. The molecule has 0 amide bonds. The van der Waals surface area contributed by atoms with Gasteiger partial charge in [-0.25, -0.2) is 0 Å². The first-order valence-corrected chi connectivity index (χ1v) is 3.73. The van der Waals surface area contributed by atoms with Crippen molar-refractivity contribution in [2.75, 3.05) is 13.6 Å². The van der Waals surface area contributed by atoms with Crippen molar-refractivity contribution in [2.24, 2.45) is 5.10 Å². The van der Waals surface area contributed by atoms with E-state index in [9.17, 15) is 17.3 Å². The molecular weight excluding hydrogens is 187 g/mol. The highest BCUT2D eigenvalue weighted by Gasteiger charge is 2.20. The van der Waals surface area contributed by atoms with Gasteiger partial charge < -0.3 is 17.3 Å². The monoisotopic (exact) mass is 198 g/mol. The third-order valence-corrected chi connectivity index (χ3v) is 1.46. The Morgan fingerprint density at radius 1 is 1.31 bits per heavy atom. The van der Waals surface area contributed by atoms with Gasteiger partial charge >= 0.3 is 7.25 Å². The van der Waals surface area contributed by atoms with Gasteiger partial charge in [0, 0.05) is 6.08 Å². The van der Waals surface area contributed by atoms with E-state index in [1.807, 2.05) is 12.3 Å². The number of allylic oxidation sites excluding steroid dienone is 1. The fraction of sp³-hybridized carbons (Fsp3) is 0.500. The first-order chi connectivity index (χ1) is 5.77. The Morgan fingerprint density at radius 2 is 1.77 bits per heavy atom. The molecule has 0 fully saturated rings. The summed E-state index contributed by atoms with van der Waals surface area (Å²) in [6.45, 7) is 3.15. The molecule has 1 atom stereocenters. The minimum Gasteiger partial charge on any atom is -0.418 e. The van der Waals surface area contributed by atoms with Gasteiger partial charge in [-0.2, -0.15) is 4.59 Å². The Kier molecular flexibility index (Phi) is 4.12. The van der Waals surface area contributed by atoms with Crippen LogP contribution in [0, 0.1) is 0 Å². The fourth-order valence-corrected chi connectivity index (χ4v) is 0.640. The molecule has 1 aliphatic heterocycles. The average Bonchev–Trinajstić information content (AvgIpc) is 2.34. The zero-order chi connectivity index (χ0) is 10.5. The summed E-state index contributed by atoms with van der Waals surface area (Å²) in [5.41, 5.74) is 0. The third-order valence-electron chi connectivity index (χ3n) is 1.46. The molecule has 0 aromatic carbocycles. The molecule has 0 bridgehead atoms. The maximum atomic E-state index is 9.75. The lowest BCUT2D eigenvalue weighted by Crippen LogP contribution is -2.29. The van der Waals surface area contributed by atoms with Crippen molar-refractivity contribution < 1.29 is 21.9 Å². The Labute approximate surface area is 74.2 Å². The first-order valence-electron chi connectivity index (χ1n) is 3.73. The zero-order valence-corrected chi connectivity index (χ0v) is 7.42. The minimum atomic E-state index is -6.00. The number of rotatable bonds is 1. The molecule has 76 valence electrons. The van der Waals surface area contributed by atoms with E-state index >= 15 is 0 Å². The molecule has 1 heterocycles. The zero-order valence-electron chi connectivity index (χ0n) is 7.42. The quantitative estimate of drug-likeness (QED) is 0.348. The topological polar surface area (TPSA) is 12.4 Å². The van der Waals surface area contributed by atoms with Gasteiger partial charge in [0.25, 0.3) is 0 Å². The van der Waals surface area contributed by atoms with Crippen molar-refractivity contribution in [1.82, 2.24) is 0 Å². The maximum Gasteiger partial charge on any atom is 0.673 e. The van der Waals surface area contributed by atoms with Gasteiger partial charge in [0.15, 0.2) is 0 Å². The summed E-state index contributed by atoms with van der Waals surface area (Å²) in [7, 11) is -3.93. The molecular formula is C6H11BF4N2. The molecule has 1 unspecified atom stereocenters. The van der Waals surface area contributed by atoms with Gasteiger partial charge in [0.1, 0.15) is 12.7 Å². The van der Waals surface area contributed by atoms with Gasteiger partial charge in [-0.05, 0) is 6.92 Å². The van der Waals surface area contributed by atoms with Crippen LogP contribution in [0.5, 0.6) is 0 Å². The summed E-state index contributed by atoms with van der Waals surface area (Å²) >= 11 is 0. The van der Waals surface area contributed by atoms with E-state index in [4.69, 9.17) is 0 Å². The molecule has 0 saturated carbocycles. The van der Waals surface area contributed by atoms with Crippen molar-refractivity contribution in [3.63, 3.8) is 0 Å². The Balaban J connectivity index is 0.000000252. The Morgan fingerprint density at radius 3 is 1.92 bits per heavy atom. The first kappa shape index (κ1) is 12.2. The predicted molar refractivity (Wildman–Crippen MR) is 44.5 cm³/mol. The van der Waals surface area contributed by atoms with E-state index in [0.717, 1.165) is 6.54 Å². The summed E-state index contributed by atoms with van der Waals surface area (Å²) in [5, 5.41) is 4.19. The van der Waals surface area contributed by atoms with Crippen LogP contribution < -0.4 is 0 Å². The summed E-state index contributed by atoms with van der Waals surface area (Å²) in [6.07, 6.45) is 5.88. The van der Waals surface area contributed by atoms with Crippen LogP contribution in [0.25, 0.3) is 0 Å². The second-order valence-corrected chi connectivity index (χ2v) is 2.63. The number of hydrogen-bond acceptors (Lipinski definition) is 1. The Hall–Kier alpha value is -0.845. The summed E-state index contributed by atoms with van der Waals surface area (Å²) in [6, 6.07) is 0. The predicted octanol–water partition coefficient (Wildman–Crippen LogP) is 2.27. The van der Waals surface area contributed by atoms with E-state index in [0.29, 0.717) is 4.59 Å². The minimum absolute atomic E-state index is 0.708. The van der Waals surface area contributed by atoms with Crippen LogP contribution >= 0.6 is 0 Å². The van der Waals surface area contributed by atoms with Gasteiger partial charge in [0.05, 0.1) is 13.3 Å². The van der Waals surface area contributed by atoms with Gasteiger partial charge in [-0.1, -0.05) is 5.10 Å².